The molecule has 1 aromatic heterocycles. The van der Waals surface area contributed by atoms with Gasteiger partial charge in [-0.1, -0.05) is 36.4 Å². The van der Waals surface area contributed by atoms with Crippen LogP contribution in [0.3, 0.4) is 0 Å². The lowest BCUT2D eigenvalue weighted by Crippen LogP contribution is -2.44. The van der Waals surface area contributed by atoms with Gasteiger partial charge in [-0.25, -0.2) is 4.79 Å². The predicted molar refractivity (Wildman–Crippen MR) is 140 cm³/mol. The van der Waals surface area contributed by atoms with E-state index in [0.717, 1.165) is 10.4 Å². The fraction of sp³-hybridized carbons (Fsp3) is 0.333. The molecule has 0 atom stereocenters. The fourth-order valence-corrected chi connectivity index (χ4v) is 4.24. The number of hydrogen-bond acceptors (Lipinski definition) is 5. The zero-order valence-electron chi connectivity index (χ0n) is 20.3. The summed E-state index contributed by atoms with van der Waals surface area (Å²) < 4.78 is 10.6. The molecule has 3 aromatic rings. The number of hydrogen-bond donors (Lipinski definition) is 1. The number of anilines is 1. The summed E-state index contributed by atoms with van der Waals surface area (Å²) in [6.45, 7) is 4.44. The van der Waals surface area contributed by atoms with Crippen LogP contribution in [0.15, 0.2) is 72.1 Å². The number of carbonyl (C=O) groups is 2. The Morgan fingerprint density at radius 2 is 1.71 bits per heavy atom. The maximum Gasteiger partial charge on any atom is 0.322 e. The van der Waals surface area contributed by atoms with Gasteiger partial charge in [0.15, 0.2) is 0 Å². The number of ether oxygens (including phenoxy) is 2. The molecule has 1 heterocycles. The summed E-state index contributed by atoms with van der Waals surface area (Å²) in [5.41, 5.74) is 1.68. The normalized spacial score (nSPS) is 10.6. The van der Waals surface area contributed by atoms with Crippen LogP contribution >= 0.6 is 11.3 Å². The molecule has 2 aromatic carbocycles. The molecule has 0 unspecified atom stereocenters. The highest BCUT2D eigenvalue weighted by Crippen LogP contribution is 2.17. The molecule has 186 valence electrons. The average molecular weight is 496 g/mol. The van der Waals surface area contributed by atoms with Gasteiger partial charge in [-0.2, -0.15) is 0 Å². The quantitative estimate of drug-likeness (QED) is 0.329. The SMILES string of the molecule is CCOCCCN(CC(=O)N(Cc1ccccc1)Cc1cccs1)C(=O)Nc1ccc(OC)cc1. The van der Waals surface area contributed by atoms with Crippen LogP contribution in [0.1, 0.15) is 23.8 Å². The third kappa shape index (κ3) is 8.73. The number of nitrogens with zero attached hydrogens (tertiary/aromatic N) is 2. The van der Waals surface area contributed by atoms with Crippen LogP contribution in [0.2, 0.25) is 0 Å². The number of benzene rings is 2. The van der Waals surface area contributed by atoms with Crippen molar-refractivity contribution in [2.24, 2.45) is 0 Å². The third-order valence-corrected chi connectivity index (χ3v) is 6.23. The predicted octanol–water partition coefficient (Wildman–Crippen LogP) is 5.25. The van der Waals surface area contributed by atoms with E-state index in [0.29, 0.717) is 50.7 Å². The van der Waals surface area contributed by atoms with Gasteiger partial charge < -0.3 is 24.6 Å². The lowest BCUT2D eigenvalue weighted by Gasteiger charge is -2.28. The first-order valence-electron chi connectivity index (χ1n) is 11.7. The molecule has 3 rings (SSSR count). The van der Waals surface area contributed by atoms with Gasteiger partial charge in [-0.15, -0.1) is 11.3 Å². The van der Waals surface area contributed by atoms with Crippen molar-refractivity contribution in [2.45, 2.75) is 26.4 Å². The molecular weight excluding hydrogens is 462 g/mol. The maximum atomic E-state index is 13.5. The molecule has 0 aliphatic heterocycles. The van der Waals surface area contributed by atoms with E-state index in [1.165, 1.54) is 0 Å². The summed E-state index contributed by atoms with van der Waals surface area (Å²) in [6, 6.07) is 20.7. The van der Waals surface area contributed by atoms with Gasteiger partial charge in [0, 0.05) is 36.9 Å². The molecule has 3 amide bonds. The first kappa shape index (κ1) is 26.2. The molecule has 0 fully saturated rings. The minimum atomic E-state index is -0.323. The number of amides is 3. The topological polar surface area (TPSA) is 71.1 Å². The van der Waals surface area contributed by atoms with E-state index in [1.54, 1.807) is 52.5 Å². The molecular formula is C27H33N3O4S. The molecule has 0 aliphatic carbocycles. The zero-order valence-corrected chi connectivity index (χ0v) is 21.1. The monoisotopic (exact) mass is 495 g/mol. The first-order chi connectivity index (χ1) is 17.1. The second-order valence-corrected chi connectivity index (χ2v) is 8.98. The summed E-state index contributed by atoms with van der Waals surface area (Å²) >= 11 is 1.61. The van der Waals surface area contributed by atoms with Crippen molar-refractivity contribution in [3.05, 3.63) is 82.6 Å². The second-order valence-electron chi connectivity index (χ2n) is 7.95. The summed E-state index contributed by atoms with van der Waals surface area (Å²) in [6.07, 6.45) is 0.640. The van der Waals surface area contributed by atoms with Crippen LogP contribution in [0.5, 0.6) is 5.75 Å². The highest BCUT2D eigenvalue weighted by atomic mass is 32.1. The minimum absolute atomic E-state index is 0.0215. The van der Waals surface area contributed by atoms with Gasteiger partial charge in [-0.05, 0) is 54.6 Å². The van der Waals surface area contributed by atoms with Crippen molar-refractivity contribution in [2.75, 3.05) is 38.7 Å². The van der Waals surface area contributed by atoms with Gasteiger partial charge in [0.25, 0.3) is 0 Å². The van der Waals surface area contributed by atoms with E-state index in [-0.39, 0.29) is 18.5 Å². The zero-order chi connectivity index (χ0) is 24.9. The van der Waals surface area contributed by atoms with Crippen LogP contribution in [0, 0.1) is 0 Å². The van der Waals surface area contributed by atoms with E-state index >= 15 is 0 Å². The van der Waals surface area contributed by atoms with Gasteiger partial charge in [-0.3, -0.25) is 4.79 Å². The lowest BCUT2D eigenvalue weighted by molar-refractivity contribution is -0.133. The van der Waals surface area contributed by atoms with E-state index in [9.17, 15) is 9.59 Å². The van der Waals surface area contributed by atoms with E-state index in [4.69, 9.17) is 9.47 Å². The molecule has 0 saturated heterocycles. The van der Waals surface area contributed by atoms with Crippen molar-refractivity contribution in [3.63, 3.8) is 0 Å². The second kappa shape index (κ2) is 14.1. The van der Waals surface area contributed by atoms with Crippen molar-refractivity contribution in [3.8, 4) is 5.75 Å². The van der Waals surface area contributed by atoms with Crippen molar-refractivity contribution in [1.82, 2.24) is 9.80 Å². The first-order valence-corrected chi connectivity index (χ1v) is 12.6. The summed E-state index contributed by atoms with van der Waals surface area (Å²) in [7, 11) is 1.59. The Bertz CT molecular complexity index is 1030. The standard InChI is InChI=1S/C27H33N3O4S/c1-3-34-17-8-16-29(27(32)28-23-12-14-24(33-2)15-13-23)21-26(31)30(20-25-11-7-18-35-25)19-22-9-5-4-6-10-22/h4-7,9-15,18H,3,8,16-17,19-21H2,1-2H3,(H,28,32). The number of nitrogens with one attached hydrogen (secondary N) is 1. The van der Waals surface area contributed by atoms with E-state index in [1.807, 2.05) is 54.8 Å². The maximum absolute atomic E-state index is 13.5. The largest absolute Gasteiger partial charge is 0.497 e. The Morgan fingerprint density at radius 1 is 0.943 bits per heavy atom. The molecule has 0 aliphatic rings. The van der Waals surface area contributed by atoms with Crippen LogP contribution in [0.4, 0.5) is 10.5 Å². The van der Waals surface area contributed by atoms with E-state index in [2.05, 4.69) is 5.32 Å². The van der Waals surface area contributed by atoms with Gasteiger partial charge in [0.2, 0.25) is 5.91 Å². The minimum Gasteiger partial charge on any atom is -0.497 e. The molecule has 1 N–H and O–H groups in total. The number of carbonyl (C=O) groups excluding carboxylic acids is 2. The Morgan fingerprint density at radius 3 is 2.37 bits per heavy atom. The fourth-order valence-electron chi connectivity index (χ4n) is 3.52. The molecule has 35 heavy (non-hydrogen) atoms. The number of thiophene rings is 1. The van der Waals surface area contributed by atoms with Crippen molar-refractivity contribution >= 4 is 29.0 Å². The molecule has 0 bridgehead atoms. The number of rotatable bonds is 13. The van der Waals surface area contributed by atoms with Crippen LogP contribution < -0.4 is 10.1 Å². The highest BCUT2D eigenvalue weighted by molar-refractivity contribution is 7.09. The Balaban J connectivity index is 1.72. The van der Waals surface area contributed by atoms with Gasteiger partial charge in [0.1, 0.15) is 12.3 Å². The Hall–Kier alpha value is -3.36. The summed E-state index contributed by atoms with van der Waals surface area (Å²) in [4.78, 5) is 31.1. The van der Waals surface area contributed by atoms with Crippen LogP contribution in [-0.4, -0.2) is 55.2 Å². The smallest absolute Gasteiger partial charge is 0.322 e. The van der Waals surface area contributed by atoms with Crippen LogP contribution in [0.25, 0.3) is 0 Å². The highest BCUT2D eigenvalue weighted by Gasteiger charge is 2.22. The lowest BCUT2D eigenvalue weighted by atomic mass is 10.2. The Kier molecular flexibility index (Phi) is 10.6. The molecule has 8 heteroatoms. The average Bonchev–Trinajstić information content (AvgIpc) is 3.39. The molecule has 0 saturated carbocycles. The summed E-state index contributed by atoms with van der Waals surface area (Å²) in [5.74, 6) is 0.598. The summed E-state index contributed by atoms with van der Waals surface area (Å²) in [5, 5.41) is 4.90. The molecule has 0 radical (unpaired) electrons. The van der Waals surface area contributed by atoms with Crippen LogP contribution in [-0.2, 0) is 22.6 Å². The molecule has 0 spiro atoms. The van der Waals surface area contributed by atoms with Crippen molar-refractivity contribution < 1.29 is 19.1 Å². The van der Waals surface area contributed by atoms with Gasteiger partial charge in [0.05, 0.1) is 13.7 Å². The van der Waals surface area contributed by atoms with Gasteiger partial charge >= 0.3 is 6.03 Å². The Labute approximate surface area is 211 Å². The van der Waals surface area contributed by atoms with E-state index < -0.39 is 0 Å². The van der Waals surface area contributed by atoms with Crippen molar-refractivity contribution in [1.29, 1.82) is 0 Å². The number of methoxy groups -OCH3 is 1. The number of urea groups is 1. The molecule has 7 nitrogen and oxygen atoms in total. The third-order valence-electron chi connectivity index (χ3n) is 5.37.